The van der Waals surface area contributed by atoms with Crippen LogP contribution in [0.1, 0.15) is 50.4 Å². The van der Waals surface area contributed by atoms with Crippen molar-refractivity contribution in [2.75, 3.05) is 24.6 Å². The molecular weight excluding hydrogens is 487 g/mol. The molecule has 10 heteroatoms. The fourth-order valence-electron chi connectivity index (χ4n) is 6.34. The fraction of sp³-hybridized carbons (Fsp3) is 0.500. The van der Waals surface area contributed by atoms with E-state index in [4.69, 9.17) is 14.7 Å². The number of aryl methyl sites for hydroxylation is 1. The summed E-state index contributed by atoms with van der Waals surface area (Å²) in [5.41, 5.74) is 4.15. The minimum atomic E-state index is -0.324. The lowest BCUT2D eigenvalue weighted by atomic mass is 9.75. The Morgan fingerprint density at radius 1 is 1.13 bits per heavy atom. The number of benzene rings is 1. The number of aliphatic hydroxyl groups is 1. The maximum Gasteiger partial charge on any atom is 0.225 e. The molecule has 1 aliphatic carbocycles. The molecule has 1 N–H and O–H groups in total. The smallest absolute Gasteiger partial charge is 0.225 e. The maximum absolute atomic E-state index is 14.4. The van der Waals surface area contributed by atoms with Crippen LogP contribution < -0.4 is 4.90 Å². The largest absolute Gasteiger partial charge is 0.393 e. The Bertz CT molecular complexity index is 1530. The number of nitrogens with zero attached hydrogens (tertiary/aromatic N) is 6. The summed E-state index contributed by atoms with van der Waals surface area (Å²) in [6.07, 6.45) is 8.07. The van der Waals surface area contributed by atoms with Gasteiger partial charge >= 0.3 is 0 Å². The molecule has 0 spiro atoms. The van der Waals surface area contributed by atoms with Crippen LogP contribution in [0.5, 0.6) is 0 Å². The number of aliphatic hydroxyl groups excluding tert-OH is 1. The molecule has 7 rings (SSSR count). The average molecular weight is 519 g/mol. The molecule has 3 aromatic heterocycles. The third-order valence-corrected chi connectivity index (χ3v) is 8.47. The first kappa shape index (κ1) is 23.7. The number of aromatic nitrogens is 5. The number of halogens is 1. The van der Waals surface area contributed by atoms with E-state index < -0.39 is 0 Å². The van der Waals surface area contributed by atoms with E-state index in [2.05, 4.69) is 10.00 Å². The highest BCUT2D eigenvalue weighted by atomic mass is 19.1. The van der Waals surface area contributed by atoms with E-state index in [1.165, 1.54) is 6.07 Å². The number of ketones is 1. The van der Waals surface area contributed by atoms with Gasteiger partial charge in [0.15, 0.2) is 6.23 Å². The number of Topliss-reactive ketones (excluding diaryl/α,β-unsaturated/α-hetero) is 1. The summed E-state index contributed by atoms with van der Waals surface area (Å²) in [5.74, 6) is 0.534. The normalized spacial score (nSPS) is 25.8. The lowest BCUT2D eigenvalue weighted by molar-refractivity contribution is -0.132. The summed E-state index contributed by atoms with van der Waals surface area (Å²) in [6.45, 7) is 3.98. The molecule has 2 atom stereocenters. The molecule has 1 saturated carbocycles. The van der Waals surface area contributed by atoms with Crippen LogP contribution >= 0.6 is 0 Å². The number of carbonyl (C=O) groups excluding carboxylic acids is 1. The first-order chi connectivity index (χ1) is 18.5. The van der Waals surface area contributed by atoms with Gasteiger partial charge in [0.1, 0.15) is 11.6 Å². The summed E-state index contributed by atoms with van der Waals surface area (Å²) >= 11 is 0. The highest BCUT2D eigenvalue weighted by Crippen LogP contribution is 2.37. The fourth-order valence-corrected chi connectivity index (χ4v) is 6.34. The van der Waals surface area contributed by atoms with Gasteiger partial charge in [-0.1, -0.05) is 0 Å². The second kappa shape index (κ2) is 9.13. The van der Waals surface area contributed by atoms with E-state index in [9.17, 15) is 14.3 Å². The van der Waals surface area contributed by atoms with Crippen LogP contribution in [0.4, 0.5) is 10.3 Å². The monoisotopic (exact) mass is 518 g/mol. The molecule has 2 aliphatic heterocycles. The van der Waals surface area contributed by atoms with Crippen molar-refractivity contribution in [3.63, 3.8) is 0 Å². The molecule has 5 heterocycles. The number of anilines is 1. The van der Waals surface area contributed by atoms with E-state index in [0.29, 0.717) is 31.9 Å². The van der Waals surface area contributed by atoms with Crippen LogP contribution in [0.2, 0.25) is 0 Å². The molecule has 3 aliphatic rings. The number of carbonyl (C=O) groups is 1. The average Bonchev–Trinajstić information content (AvgIpc) is 3.63. The van der Waals surface area contributed by atoms with E-state index in [0.717, 1.165) is 65.5 Å². The van der Waals surface area contributed by atoms with Crippen LogP contribution in [-0.4, -0.2) is 61.0 Å². The second-order valence-electron chi connectivity index (χ2n) is 10.9. The topological polar surface area (TPSA) is 98.3 Å². The highest BCUT2D eigenvalue weighted by molar-refractivity contribution is 6.07. The van der Waals surface area contributed by atoms with Crippen molar-refractivity contribution in [2.24, 2.45) is 11.8 Å². The zero-order valence-electron chi connectivity index (χ0n) is 21.4. The first-order valence-electron chi connectivity index (χ1n) is 13.6. The molecule has 0 amide bonds. The highest BCUT2D eigenvalue weighted by Gasteiger charge is 2.39. The lowest BCUT2D eigenvalue weighted by Crippen LogP contribution is -2.38. The predicted molar refractivity (Wildman–Crippen MR) is 140 cm³/mol. The maximum atomic E-state index is 14.4. The van der Waals surface area contributed by atoms with E-state index in [1.807, 2.05) is 28.6 Å². The molecule has 0 bridgehead atoms. The van der Waals surface area contributed by atoms with Crippen LogP contribution in [0.25, 0.3) is 27.6 Å². The Kier molecular flexibility index (Phi) is 5.70. The van der Waals surface area contributed by atoms with Crippen LogP contribution in [0.3, 0.4) is 0 Å². The number of hydrogen-bond donors (Lipinski definition) is 1. The van der Waals surface area contributed by atoms with Gasteiger partial charge < -0.3 is 19.3 Å². The van der Waals surface area contributed by atoms with Gasteiger partial charge in [0.05, 0.1) is 46.4 Å². The lowest BCUT2D eigenvalue weighted by Gasteiger charge is -2.31. The van der Waals surface area contributed by atoms with Crippen LogP contribution in [-0.2, 0) is 9.53 Å². The Morgan fingerprint density at radius 2 is 2.00 bits per heavy atom. The van der Waals surface area contributed by atoms with Gasteiger partial charge in [0.2, 0.25) is 5.95 Å². The molecule has 0 radical (unpaired) electrons. The molecule has 1 aromatic carbocycles. The van der Waals surface area contributed by atoms with Gasteiger partial charge in [-0.25, -0.2) is 19.0 Å². The van der Waals surface area contributed by atoms with Crippen LogP contribution in [0, 0.1) is 24.6 Å². The summed E-state index contributed by atoms with van der Waals surface area (Å²) in [7, 11) is 0. The van der Waals surface area contributed by atoms with E-state index >= 15 is 0 Å². The molecular formula is C28H31FN6O3. The minimum absolute atomic E-state index is 0.00539. The Labute approximate surface area is 219 Å². The van der Waals surface area contributed by atoms with Gasteiger partial charge in [0, 0.05) is 36.9 Å². The van der Waals surface area contributed by atoms with Gasteiger partial charge in [0.25, 0.3) is 0 Å². The van der Waals surface area contributed by atoms with Gasteiger partial charge in [-0.05, 0) is 63.6 Å². The molecule has 9 nitrogen and oxygen atoms in total. The van der Waals surface area contributed by atoms with Crippen molar-refractivity contribution in [3.05, 3.63) is 42.1 Å². The summed E-state index contributed by atoms with van der Waals surface area (Å²) in [6, 6.07) is 4.82. The molecule has 3 fully saturated rings. The van der Waals surface area contributed by atoms with Crippen molar-refractivity contribution in [3.8, 4) is 5.69 Å². The van der Waals surface area contributed by atoms with Crippen LogP contribution in [0.15, 0.2) is 30.6 Å². The third-order valence-electron chi connectivity index (χ3n) is 8.47. The van der Waals surface area contributed by atoms with Gasteiger partial charge in [-0.15, -0.1) is 0 Å². The predicted octanol–water partition coefficient (Wildman–Crippen LogP) is 4.08. The quantitative estimate of drug-likeness (QED) is 0.425. The Balaban J connectivity index is 1.23. The number of ether oxygens (including phenoxy) is 1. The number of fused-ring (bicyclic) bond motifs is 3. The Hall–Kier alpha value is -3.37. The Morgan fingerprint density at radius 3 is 2.76 bits per heavy atom. The standard InChI is InChI=1S/C28H31FN6O3/c1-16-23(13-30-28(32-16)33-8-7-17(15-33)27(37)18-10-20(36)11-18)34-22-6-5-19(29)12-21(22)26-24(34)14-31-35(26)25-4-2-3-9-38-25/h5-6,12-14,17-18,20,25,36H,2-4,7-11,15H2,1H3/t17-,18?,20?,25?/m0/s1. The van der Waals surface area contributed by atoms with Crippen molar-refractivity contribution in [1.29, 1.82) is 0 Å². The van der Waals surface area contributed by atoms with Gasteiger partial charge in [-0.2, -0.15) is 5.10 Å². The summed E-state index contributed by atoms with van der Waals surface area (Å²) in [4.78, 5) is 24.4. The van der Waals surface area contributed by atoms with E-state index in [-0.39, 0.29) is 35.8 Å². The van der Waals surface area contributed by atoms with Crippen molar-refractivity contribution in [1.82, 2.24) is 24.3 Å². The second-order valence-corrected chi connectivity index (χ2v) is 10.9. The zero-order chi connectivity index (χ0) is 26.0. The van der Waals surface area contributed by atoms with Crippen molar-refractivity contribution in [2.45, 2.75) is 57.8 Å². The molecule has 1 unspecified atom stereocenters. The molecule has 2 saturated heterocycles. The van der Waals surface area contributed by atoms with Crippen molar-refractivity contribution >= 4 is 33.7 Å². The minimum Gasteiger partial charge on any atom is -0.393 e. The number of rotatable bonds is 5. The molecule has 4 aromatic rings. The molecule has 38 heavy (non-hydrogen) atoms. The third kappa shape index (κ3) is 3.80. The van der Waals surface area contributed by atoms with Crippen molar-refractivity contribution < 1.29 is 19.0 Å². The summed E-state index contributed by atoms with van der Waals surface area (Å²) < 4.78 is 24.4. The SMILES string of the molecule is Cc1nc(N2CC[C@H](C(=O)C3CC(O)C3)C2)ncc1-n1c2ccc(F)cc2c2c1cnn2C1CCCCO1. The first-order valence-corrected chi connectivity index (χ1v) is 13.6. The summed E-state index contributed by atoms with van der Waals surface area (Å²) in [5, 5.41) is 15.0. The number of hydrogen-bond acceptors (Lipinski definition) is 7. The van der Waals surface area contributed by atoms with Gasteiger partial charge in [-0.3, -0.25) is 4.79 Å². The zero-order valence-corrected chi connectivity index (χ0v) is 21.4. The van der Waals surface area contributed by atoms with E-state index in [1.54, 1.807) is 12.1 Å². The molecule has 198 valence electrons.